The summed E-state index contributed by atoms with van der Waals surface area (Å²) in [5.41, 5.74) is 2.35. The molecule has 6 rings (SSSR count). The van der Waals surface area contributed by atoms with Crippen molar-refractivity contribution < 1.29 is 100 Å². The molecule has 15 unspecified atom stereocenters. The van der Waals surface area contributed by atoms with Crippen LogP contribution in [0.15, 0.2) is 91.0 Å². The monoisotopic (exact) mass is 1720 g/mol. The average molecular weight is 1720 g/mol. The van der Waals surface area contributed by atoms with Crippen molar-refractivity contribution in [1.29, 1.82) is 0 Å². The van der Waals surface area contributed by atoms with E-state index in [1.165, 1.54) is 41.5 Å². The van der Waals surface area contributed by atoms with Gasteiger partial charge in [0.05, 0.1) is 42.0 Å². The number of unbranched alkanes of at least 4 members (excludes halogenated alkanes) is 4. The number of rotatable bonds is 56. The third-order valence-corrected chi connectivity index (χ3v) is 23.5. The summed E-state index contributed by atoms with van der Waals surface area (Å²) < 4.78 is 52.8. The van der Waals surface area contributed by atoms with Gasteiger partial charge < -0.3 is 90.1 Å². The highest BCUT2D eigenvalue weighted by Crippen LogP contribution is 2.43. The Morgan fingerprint density at radius 3 is 0.902 bits per heavy atom. The summed E-state index contributed by atoms with van der Waals surface area (Å²) in [4.78, 5) is 156. The molecule has 3 fully saturated rings. The molecule has 3 aromatic carbocycles. The Bertz CT molecular complexity index is 3620. The Labute approximate surface area is 727 Å². The normalized spacial score (nSPS) is 22.5. The van der Waals surface area contributed by atoms with E-state index < -0.39 is 78.8 Å². The fourth-order valence-electron chi connectivity index (χ4n) is 16.1. The quantitative estimate of drug-likeness (QED) is 0.0114. The van der Waals surface area contributed by atoms with Gasteiger partial charge in [-0.15, -0.1) is 0 Å². The zero-order chi connectivity index (χ0) is 89.6. The van der Waals surface area contributed by atoms with Crippen LogP contribution in [0.25, 0.3) is 0 Å². The Morgan fingerprint density at radius 2 is 0.593 bits per heavy atom. The van der Waals surface area contributed by atoms with E-state index in [-0.39, 0.29) is 173 Å². The van der Waals surface area contributed by atoms with Crippen molar-refractivity contribution >= 4 is 71.1 Å². The standard InChI is InChI=1S/C92H142N10O21/c1-62-65(4)86(98-68(7)103)89(121-77(62)59-118-71(10)106)115-56-27-22-41-80(109)93-47-30-44-83(112)96-50-33-53-101(85(114)46-32-49-95-82(111)43-24-29-58-117-91-88(100-70(9)105)67(6)64(3)79(123-91)61-120-73(12)108)52-25-26-54-102(92(74-35-16-13-17-36-74,75-37-18-14-19-38-75)76-39-20-15-21-40-76)55-34-51-97-84(113)45-31-48-94-81(110)42-23-28-57-116-90-87(99-69(8)104)66(5)63(2)78(122-90)60-119-72(11)107/h13-21,35-40,62-67,77-79,86-91H,22-34,41-61H2,1-12H3,(H,93,109)(H,94,110)(H,95,111)(H,96,112)(H,97,113)(H,98,103)(H,99,104)(H,100,105). The Morgan fingerprint density at radius 1 is 0.325 bits per heavy atom. The maximum absolute atomic E-state index is 14.5. The van der Waals surface area contributed by atoms with Crippen LogP contribution >= 0.6 is 0 Å². The number of nitrogens with zero attached hydrogens (tertiary/aromatic N) is 2. The zero-order valence-corrected chi connectivity index (χ0v) is 74.8. The molecule has 3 aliphatic rings. The highest BCUT2D eigenvalue weighted by molar-refractivity contribution is 5.79. The molecule has 123 heavy (non-hydrogen) atoms. The number of carbonyl (C=O) groups is 12. The minimum absolute atomic E-state index is 0.0258. The van der Waals surface area contributed by atoms with Gasteiger partial charge in [-0.3, -0.25) is 62.4 Å². The van der Waals surface area contributed by atoms with Crippen molar-refractivity contribution in [1.82, 2.24) is 52.3 Å². The van der Waals surface area contributed by atoms with Crippen LogP contribution in [0.3, 0.4) is 0 Å². The molecule has 0 radical (unpaired) electrons. The van der Waals surface area contributed by atoms with Gasteiger partial charge >= 0.3 is 17.9 Å². The summed E-state index contributed by atoms with van der Waals surface area (Å²) in [5, 5.41) is 23.8. The molecular weight excluding hydrogens is 1580 g/mol. The Hall–Kier alpha value is -8.98. The first kappa shape index (κ1) is 103. The van der Waals surface area contributed by atoms with E-state index in [0.29, 0.717) is 136 Å². The molecular formula is C92H142N10O21. The van der Waals surface area contributed by atoms with E-state index in [4.69, 9.17) is 42.6 Å². The van der Waals surface area contributed by atoms with Crippen molar-refractivity contribution in [2.24, 2.45) is 35.5 Å². The second kappa shape index (κ2) is 56.1. The summed E-state index contributed by atoms with van der Waals surface area (Å²) in [6.07, 6.45) is 4.43. The number of amides is 9. The number of carbonyl (C=O) groups excluding carboxylic acids is 12. The third kappa shape index (κ3) is 36.3. The van der Waals surface area contributed by atoms with Crippen LogP contribution < -0.4 is 42.5 Å². The van der Waals surface area contributed by atoms with Gasteiger partial charge in [-0.2, -0.15) is 0 Å². The van der Waals surface area contributed by atoms with Gasteiger partial charge in [0.2, 0.25) is 53.2 Å². The lowest BCUT2D eigenvalue weighted by atomic mass is 9.75. The van der Waals surface area contributed by atoms with Gasteiger partial charge in [0.1, 0.15) is 19.8 Å². The van der Waals surface area contributed by atoms with E-state index in [0.717, 1.165) is 16.7 Å². The average Bonchev–Trinajstić information content (AvgIpc) is 0.736. The number of ether oxygens (including phenoxy) is 9. The van der Waals surface area contributed by atoms with Crippen LogP contribution in [-0.4, -0.2) is 235 Å². The number of esters is 3. The summed E-state index contributed by atoms with van der Waals surface area (Å²) in [6.45, 7) is 24.7. The van der Waals surface area contributed by atoms with Gasteiger partial charge in [-0.05, 0) is 142 Å². The molecule has 8 N–H and O–H groups in total. The lowest BCUT2D eigenvalue weighted by Gasteiger charge is -2.46. The molecule has 31 heteroatoms. The first-order valence-corrected chi connectivity index (χ1v) is 44.6. The van der Waals surface area contributed by atoms with Crippen molar-refractivity contribution in [3.8, 4) is 0 Å². The van der Waals surface area contributed by atoms with Gasteiger partial charge in [0.25, 0.3) is 0 Å². The molecule has 0 spiro atoms. The fourth-order valence-corrected chi connectivity index (χ4v) is 16.1. The van der Waals surface area contributed by atoms with Crippen LogP contribution in [0.2, 0.25) is 0 Å². The summed E-state index contributed by atoms with van der Waals surface area (Å²) >= 11 is 0. The van der Waals surface area contributed by atoms with Crippen molar-refractivity contribution in [2.75, 3.05) is 98.5 Å². The Balaban J connectivity index is 1.03. The van der Waals surface area contributed by atoms with E-state index in [9.17, 15) is 57.5 Å². The van der Waals surface area contributed by atoms with Gasteiger partial charge in [0, 0.05) is 152 Å². The fraction of sp³-hybridized carbons (Fsp3) is 0.674. The zero-order valence-electron chi connectivity index (χ0n) is 74.8. The molecule has 15 atom stereocenters. The molecule has 9 amide bonds. The number of nitrogens with one attached hydrogen (secondary N) is 8. The van der Waals surface area contributed by atoms with Crippen molar-refractivity contribution in [3.63, 3.8) is 0 Å². The van der Waals surface area contributed by atoms with Crippen molar-refractivity contribution in [2.45, 2.75) is 266 Å². The minimum atomic E-state index is -0.798. The van der Waals surface area contributed by atoms with Crippen LogP contribution in [0.1, 0.15) is 222 Å². The Kier molecular flexibility index (Phi) is 46.9. The summed E-state index contributed by atoms with van der Waals surface area (Å²) in [7, 11) is 0. The van der Waals surface area contributed by atoms with Gasteiger partial charge in [-0.1, -0.05) is 133 Å². The largest absolute Gasteiger partial charge is 0.463 e. The van der Waals surface area contributed by atoms with E-state index >= 15 is 0 Å². The number of hydrogen-bond acceptors (Lipinski definition) is 22. The lowest BCUT2D eigenvalue weighted by molar-refractivity contribution is -0.244. The molecule has 31 nitrogen and oxygen atoms in total. The van der Waals surface area contributed by atoms with Gasteiger partial charge in [-0.25, -0.2) is 0 Å². The molecule has 686 valence electrons. The van der Waals surface area contributed by atoms with Crippen LogP contribution in [0, 0.1) is 35.5 Å². The molecule has 3 saturated heterocycles. The summed E-state index contributed by atoms with van der Waals surface area (Å²) in [6, 6.07) is 29.9. The van der Waals surface area contributed by atoms with Crippen LogP contribution in [0.4, 0.5) is 0 Å². The smallest absolute Gasteiger partial charge is 0.302 e. The molecule has 3 heterocycles. The SMILES string of the molecule is CC(=O)NC1C(OCCCCC(=O)NCCCC(=O)NCCCN(CCCCN(CCCNC(=O)CCCNC(=O)CCCCOC2OC(COC(C)=O)C(C)C(C)C2NC(C)=O)C(c2ccccc2)(c2ccccc2)c2ccccc2)C(=O)CCCNC(=O)CCCCOC2OC(COC(C)=O)C(C)C(C)C2NC(C)=O)OC(COC(C)=O)C(C)C1C. The maximum atomic E-state index is 14.5. The van der Waals surface area contributed by atoms with E-state index in [1.807, 2.05) is 101 Å². The second-order valence-electron chi connectivity index (χ2n) is 33.0. The predicted octanol–water partition coefficient (Wildman–Crippen LogP) is 8.35. The highest BCUT2D eigenvalue weighted by atomic mass is 16.7. The maximum Gasteiger partial charge on any atom is 0.302 e. The first-order valence-electron chi connectivity index (χ1n) is 44.6. The minimum Gasteiger partial charge on any atom is -0.463 e. The highest BCUT2D eigenvalue weighted by Gasteiger charge is 2.47. The van der Waals surface area contributed by atoms with Crippen molar-refractivity contribution in [3.05, 3.63) is 108 Å². The number of hydrogen-bond donors (Lipinski definition) is 8. The van der Waals surface area contributed by atoms with Crippen LogP contribution in [0.5, 0.6) is 0 Å². The third-order valence-electron chi connectivity index (χ3n) is 23.5. The molecule has 3 aromatic rings. The topological polar surface area (TPSA) is 391 Å². The molecule has 0 bridgehead atoms. The molecule has 0 aromatic heterocycles. The predicted molar refractivity (Wildman–Crippen MR) is 462 cm³/mol. The lowest BCUT2D eigenvalue weighted by Crippen LogP contribution is -2.58. The second-order valence-corrected chi connectivity index (χ2v) is 33.0. The molecule has 0 saturated carbocycles. The van der Waals surface area contributed by atoms with E-state index in [2.05, 4.69) is 83.8 Å². The van der Waals surface area contributed by atoms with E-state index in [1.54, 1.807) is 0 Å². The molecule has 3 aliphatic heterocycles. The van der Waals surface area contributed by atoms with Crippen LogP contribution in [-0.2, 0) is 106 Å². The van der Waals surface area contributed by atoms with Gasteiger partial charge in [0.15, 0.2) is 18.9 Å². The number of benzene rings is 3. The first-order chi connectivity index (χ1) is 59.0. The summed E-state index contributed by atoms with van der Waals surface area (Å²) in [5.74, 6) is -3.02. The molecule has 0 aliphatic carbocycles.